The minimum Gasteiger partial charge on any atom is -0.496 e. The number of ether oxygens (including phenoxy) is 3. The topological polar surface area (TPSA) is 69.7 Å². The van der Waals surface area contributed by atoms with Gasteiger partial charge in [-0.05, 0) is 30.7 Å². The Morgan fingerprint density at radius 3 is 2.38 bits per heavy atom. The molecule has 1 aromatic heterocycles. The second kappa shape index (κ2) is 8.01. The summed E-state index contributed by atoms with van der Waals surface area (Å²) in [4.78, 5) is 16.1. The monoisotopic (exact) mass is 328 g/mol. The molecule has 6 heteroatoms. The molecule has 1 heterocycles. The molecule has 0 spiro atoms. The van der Waals surface area contributed by atoms with Gasteiger partial charge in [0.25, 0.3) is 0 Å². The number of aryl methyl sites for hydroxylation is 1. The first-order chi connectivity index (χ1) is 11.6. The van der Waals surface area contributed by atoms with Crippen molar-refractivity contribution in [3.8, 4) is 17.2 Å². The average molecular weight is 328 g/mol. The predicted octanol–water partition coefficient (Wildman–Crippen LogP) is 3.07. The van der Waals surface area contributed by atoms with E-state index in [1.54, 1.807) is 51.9 Å². The molecule has 0 saturated heterocycles. The largest absolute Gasteiger partial charge is 0.496 e. The summed E-state index contributed by atoms with van der Waals surface area (Å²) in [6.45, 7) is 1.90. The Bertz CT molecular complexity index is 757. The zero-order valence-electron chi connectivity index (χ0n) is 14.1. The van der Waals surface area contributed by atoms with Crippen molar-refractivity contribution in [2.45, 2.75) is 6.92 Å². The summed E-state index contributed by atoms with van der Waals surface area (Å²) in [5, 5.41) is 2.78. The fraction of sp³-hybridized carbons (Fsp3) is 0.222. The van der Waals surface area contributed by atoms with Crippen LogP contribution in [0.2, 0.25) is 0 Å². The molecular formula is C18H20N2O4. The van der Waals surface area contributed by atoms with Crippen LogP contribution in [0, 0.1) is 6.92 Å². The van der Waals surface area contributed by atoms with Crippen molar-refractivity contribution >= 4 is 17.7 Å². The molecule has 0 saturated carbocycles. The number of aromatic nitrogens is 1. The number of amides is 1. The van der Waals surface area contributed by atoms with E-state index in [1.165, 1.54) is 6.08 Å². The van der Waals surface area contributed by atoms with Crippen molar-refractivity contribution in [1.29, 1.82) is 0 Å². The second-order valence-corrected chi connectivity index (χ2v) is 4.96. The van der Waals surface area contributed by atoms with Crippen LogP contribution in [0.5, 0.6) is 17.2 Å². The van der Waals surface area contributed by atoms with Gasteiger partial charge in [0, 0.05) is 23.9 Å². The first-order valence-electron chi connectivity index (χ1n) is 7.28. The van der Waals surface area contributed by atoms with Crippen molar-refractivity contribution in [1.82, 2.24) is 4.98 Å². The van der Waals surface area contributed by atoms with Gasteiger partial charge in [-0.1, -0.05) is 0 Å². The summed E-state index contributed by atoms with van der Waals surface area (Å²) < 4.78 is 15.8. The molecule has 0 fully saturated rings. The quantitative estimate of drug-likeness (QED) is 0.825. The van der Waals surface area contributed by atoms with E-state index in [0.717, 1.165) is 5.56 Å². The van der Waals surface area contributed by atoms with Gasteiger partial charge in [-0.15, -0.1) is 0 Å². The van der Waals surface area contributed by atoms with Crippen LogP contribution in [0.25, 0.3) is 6.08 Å². The Kier molecular flexibility index (Phi) is 5.78. The van der Waals surface area contributed by atoms with Crippen LogP contribution in [0.15, 0.2) is 36.7 Å². The zero-order valence-corrected chi connectivity index (χ0v) is 14.1. The summed E-state index contributed by atoms with van der Waals surface area (Å²) in [5.41, 5.74) is 2.31. The molecular weight excluding hydrogens is 308 g/mol. The second-order valence-electron chi connectivity index (χ2n) is 4.96. The molecule has 0 aliphatic heterocycles. The van der Waals surface area contributed by atoms with Gasteiger partial charge < -0.3 is 19.5 Å². The molecule has 2 aromatic rings. The fourth-order valence-corrected chi connectivity index (χ4v) is 2.12. The van der Waals surface area contributed by atoms with Crippen molar-refractivity contribution < 1.29 is 19.0 Å². The summed E-state index contributed by atoms with van der Waals surface area (Å²) in [6, 6.07) is 5.29. The maximum atomic E-state index is 12.1. The van der Waals surface area contributed by atoms with Crippen LogP contribution in [-0.4, -0.2) is 32.2 Å². The standard InChI is InChI=1S/C18H20N2O4/c1-12-7-8-19-11-14(12)20-18(21)6-5-13-9-16(23-3)17(24-4)10-15(13)22-2/h5-11H,1-4H3,(H,20,21). The molecule has 2 rings (SSSR count). The molecule has 0 unspecified atom stereocenters. The highest BCUT2D eigenvalue weighted by Gasteiger charge is 2.10. The van der Waals surface area contributed by atoms with E-state index in [-0.39, 0.29) is 5.91 Å². The SMILES string of the molecule is COc1cc(OC)c(OC)cc1C=CC(=O)Nc1cnccc1C. The maximum absolute atomic E-state index is 12.1. The van der Waals surface area contributed by atoms with E-state index in [4.69, 9.17) is 14.2 Å². The number of hydrogen-bond donors (Lipinski definition) is 1. The predicted molar refractivity (Wildman–Crippen MR) is 92.7 cm³/mol. The van der Waals surface area contributed by atoms with Crippen LogP contribution < -0.4 is 19.5 Å². The number of rotatable bonds is 6. The van der Waals surface area contributed by atoms with Crippen LogP contribution >= 0.6 is 0 Å². The Balaban J connectivity index is 2.21. The number of pyridine rings is 1. The van der Waals surface area contributed by atoms with Gasteiger partial charge in [0.2, 0.25) is 5.91 Å². The smallest absolute Gasteiger partial charge is 0.248 e. The van der Waals surface area contributed by atoms with Gasteiger partial charge in [0.15, 0.2) is 11.5 Å². The fourth-order valence-electron chi connectivity index (χ4n) is 2.12. The van der Waals surface area contributed by atoms with Crippen LogP contribution in [0.4, 0.5) is 5.69 Å². The highest BCUT2D eigenvalue weighted by Crippen LogP contribution is 2.35. The van der Waals surface area contributed by atoms with Gasteiger partial charge in [0.05, 0.1) is 33.2 Å². The number of methoxy groups -OCH3 is 3. The van der Waals surface area contributed by atoms with Gasteiger partial charge >= 0.3 is 0 Å². The molecule has 1 N–H and O–H groups in total. The van der Waals surface area contributed by atoms with Gasteiger partial charge in [0.1, 0.15) is 5.75 Å². The summed E-state index contributed by atoms with van der Waals surface area (Å²) in [6.07, 6.45) is 6.37. The zero-order chi connectivity index (χ0) is 17.5. The highest BCUT2D eigenvalue weighted by atomic mass is 16.5. The lowest BCUT2D eigenvalue weighted by Gasteiger charge is -2.12. The van der Waals surface area contributed by atoms with Gasteiger partial charge in [-0.3, -0.25) is 9.78 Å². The van der Waals surface area contributed by atoms with Crippen LogP contribution in [-0.2, 0) is 4.79 Å². The Labute approximate surface area is 141 Å². The summed E-state index contributed by atoms with van der Waals surface area (Å²) >= 11 is 0. The van der Waals surface area contributed by atoms with Crippen LogP contribution in [0.3, 0.4) is 0 Å². The van der Waals surface area contributed by atoms with E-state index < -0.39 is 0 Å². The van der Waals surface area contributed by atoms with Gasteiger partial charge in [-0.2, -0.15) is 0 Å². The number of benzene rings is 1. The molecule has 126 valence electrons. The number of anilines is 1. The average Bonchev–Trinajstić information content (AvgIpc) is 2.61. The third-order valence-corrected chi connectivity index (χ3v) is 3.45. The molecule has 24 heavy (non-hydrogen) atoms. The van der Waals surface area contributed by atoms with E-state index in [9.17, 15) is 4.79 Å². The van der Waals surface area contributed by atoms with E-state index in [1.807, 2.05) is 13.0 Å². The molecule has 0 bridgehead atoms. The van der Waals surface area contributed by atoms with Crippen molar-refractivity contribution in [3.05, 3.63) is 47.8 Å². The first kappa shape index (κ1) is 17.3. The molecule has 0 aliphatic carbocycles. The Morgan fingerprint density at radius 2 is 1.75 bits per heavy atom. The van der Waals surface area contributed by atoms with Crippen molar-refractivity contribution in [2.75, 3.05) is 26.6 Å². The lowest BCUT2D eigenvalue weighted by molar-refractivity contribution is -0.111. The van der Waals surface area contributed by atoms with Crippen molar-refractivity contribution in [2.24, 2.45) is 0 Å². The summed E-state index contributed by atoms with van der Waals surface area (Å²) in [7, 11) is 4.66. The number of carbonyl (C=O) groups is 1. The van der Waals surface area contributed by atoms with E-state index >= 15 is 0 Å². The first-order valence-corrected chi connectivity index (χ1v) is 7.28. The maximum Gasteiger partial charge on any atom is 0.248 e. The van der Waals surface area contributed by atoms with Crippen LogP contribution in [0.1, 0.15) is 11.1 Å². The third-order valence-electron chi connectivity index (χ3n) is 3.45. The minimum absolute atomic E-state index is 0.261. The highest BCUT2D eigenvalue weighted by molar-refractivity contribution is 6.02. The third kappa shape index (κ3) is 4.04. The molecule has 6 nitrogen and oxygen atoms in total. The summed E-state index contributed by atoms with van der Waals surface area (Å²) in [5.74, 6) is 1.43. The molecule has 1 aromatic carbocycles. The molecule has 1 amide bonds. The molecule has 0 radical (unpaired) electrons. The lowest BCUT2D eigenvalue weighted by Crippen LogP contribution is -2.09. The van der Waals surface area contributed by atoms with E-state index in [2.05, 4.69) is 10.3 Å². The molecule has 0 aliphatic rings. The Hall–Kier alpha value is -3.02. The Morgan fingerprint density at radius 1 is 1.08 bits per heavy atom. The number of carbonyl (C=O) groups excluding carboxylic acids is 1. The normalized spacial score (nSPS) is 10.5. The van der Waals surface area contributed by atoms with E-state index in [0.29, 0.717) is 28.5 Å². The van der Waals surface area contributed by atoms with Gasteiger partial charge in [-0.25, -0.2) is 0 Å². The molecule has 0 atom stereocenters. The number of nitrogens with one attached hydrogen (secondary N) is 1. The number of nitrogens with zero attached hydrogens (tertiary/aromatic N) is 1. The van der Waals surface area contributed by atoms with Crippen molar-refractivity contribution in [3.63, 3.8) is 0 Å². The lowest BCUT2D eigenvalue weighted by atomic mass is 10.1. The number of hydrogen-bond acceptors (Lipinski definition) is 5. The minimum atomic E-state index is -0.261.